The van der Waals surface area contributed by atoms with Crippen LogP contribution in [0.5, 0.6) is 5.75 Å². The first-order valence-corrected chi connectivity index (χ1v) is 12.9. The molecule has 0 bridgehead atoms. The molecular formula is C31H28N2O6. The smallest absolute Gasteiger partial charge is 0.315 e. The van der Waals surface area contributed by atoms with Crippen molar-refractivity contribution in [1.29, 1.82) is 0 Å². The molecule has 3 atom stereocenters. The van der Waals surface area contributed by atoms with Gasteiger partial charge in [-0.05, 0) is 42.5 Å². The Bertz CT molecular complexity index is 1430. The van der Waals surface area contributed by atoms with Crippen LogP contribution in [0.25, 0.3) is 0 Å². The lowest BCUT2D eigenvalue weighted by atomic mass is 9.69. The van der Waals surface area contributed by atoms with E-state index in [0.717, 1.165) is 5.56 Å². The lowest BCUT2D eigenvalue weighted by molar-refractivity contribution is -0.384. The Balaban J connectivity index is 1.43. The van der Waals surface area contributed by atoms with E-state index in [9.17, 15) is 19.7 Å². The summed E-state index contributed by atoms with van der Waals surface area (Å²) in [4.78, 5) is 42.6. The summed E-state index contributed by atoms with van der Waals surface area (Å²) >= 11 is 0. The van der Waals surface area contributed by atoms with Gasteiger partial charge in [0.05, 0.1) is 4.92 Å². The summed E-state index contributed by atoms with van der Waals surface area (Å²) in [6, 6.07) is 25.1. The number of para-hydroxylation sites is 1. The van der Waals surface area contributed by atoms with Crippen LogP contribution in [0.15, 0.2) is 101 Å². The molecule has 1 aliphatic carbocycles. The van der Waals surface area contributed by atoms with Crippen LogP contribution in [0.3, 0.4) is 0 Å². The Morgan fingerprint density at radius 3 is 2.26 bits per heavy atom. The minimum atomic E-state index is -0.834. The quantitative estimate of drug-likeness (QED) is 0.160. The van der Waals surface area contributed by atoms with Crippen LogP contribution in [0, 0.1) is 16.0 Å². The van der Waals surface area contributed by atoms with Gasteiger partial charge < -0.3 is 9.47 Å². The van der Waals surface area contributed by atoms with Gasteiger partial charge in [-0.2, -0.15) is 0 Å². The van der Waals surface area contributed by atoms with Gasteiger partial charge in [0, 0.05) is 41.5 Å². The molecule has 0 N–H and O–H groups in total. The molecule has 0 saturated heterocycles. The lowest BCUT2D eigenvalue weighted by Gasteiger charge is -2.36. The number of allylic oxidation sites excluding steroid dienone is 2. The zero-order valence-corrected chi connectivity index (χ0v) is 21.5. The molecule has 2 aliphatic rings. The fraction of sp³-hybridized carbons (Fsp3) is 0.258. The highest BCUT2D eigenvalue weighted by atomic mass is 16.6. The minimum absolute atomic E-state index is 0.00912. The van der Waals surface area contributed by atoms with Gasteiger partial charge in [-0.3, -0.25) is 24.7 Å². The van der Waals surface area contributed by atoms with Gasteiger partial charge in [-0.1, -0.05) is 60.7 Å². The molecule has 0 spiro atoms. The second-order valence-corrected chi connectivity index (χ2v) is 9.69. The van der Waals surface area contributed by atoms with Gasteiger partial charge in [-0.25, -0.2) is 0 Å². The number of rotatable bonds is 8. The van der Waals surface area contributed by atoms with Crippen LogP contribution in [0.1, 0.15) is 42.7 Å². The van der Waals surface area contributed by atoms with Crippen molar-refractivity contribution < 1.29 is 24.0 Å². The van der Waals surface area contributed by atoms with Crippen LogP contribution < -0.4 is 4.74 Å². The topological polar surface area (TPSA) is 108 Å². The molecule has 39 heavy (non-hydrogen) atoms. The van der Waals surface area contributed by atoms with E-state index >= 15 is 0 Å². The molecule has 0 aromatic heterocycles. The van der Waals surface area contributed by atoms with Crippen LogP contribution in [-0.4, -0.2) is 35.6 Å². The zero-order chi connectivity index (χ0) is 27.4. The Labute approximate surface area is 226 Å². The van der Waals surface area contributed by atoms with Crippen LogP contribution in [-0.2, 0) is 14.3 Å². The molecule has 3 aromatic rings. The SMILES string of the molecule is CC1=NC2=C(C(=O)C[C@H](c3ccccc3)C2)[C@H](c2ccc([N+](=O)[O-])cc2)C1C(=O)OCCOc1ccccc1. The van der Waals surface area contributed by atoms with Crippen molar-refractivity contribution in [2.45, 2.75) is 31.6 Å². The van der Waals surface area contributed by atoms with Crippen molar-refractivity contribution in [1.82, 2.24) is 0 Å². The largest absolute Gasteiger partial charge is 0.490 e. The van der Waals surface area contributed by atoms with Gasteiger partial charge >= 0.3 is 5.97 Å². The summed E-state index contributed by atoms with van der Waals surface area (Å²) in [5, 5.41) is 11.3. The van der Waals surface area contributed by atoms with Crippen molar-refractivity contribution in [2.75, 3.05) is 13.2 Å². The van der Waals surface area contributed by atoms with Crippen molar-refractivity contribution in [2.24, 2.45) is 10.9 Å². The summed E-state index contributed by atoms with van der Waals surface area (Å²) in [6.07, 6.45) is 0.867. The highest BCUT2D eigenvalue weighted by molar-refractivity contribution is 6.09. The second-order valence-electron chi connectivity index (χ2n) is 9.69. The van der Waals surface area contributed by atoms with Gasteiger partial charge in [0.2, 0.25) is 0 Å². The molecular weight excluding hydrogens is 496 g/mol. The minimum Gasteiger partial charge on any atom is -0.490 e. The van der Waals surface area contributed by atoms with Crippen LogP contribution in [0.4, 0.5) is 5.69 Å². The van der Waals surface area contributed by atoms with E-state index in [1.165, 1.54) is 12.1 Å². The van der Waals surface area contributed by atoms with Crippen LogP contribution >= 0.6 is 0 Å². The molecule has 0 saturated carbocycles. The lowest BCUT2D eigenvalue weighted by Crippen LogP contribution is -2.38. The number of hydrogen-bond acceptors (Lipinski definition) is 7. The number of carbonyl (C=O) groups excluding carboxylic acids is 2. The average molecular weight is 525 g/mol. The first-order chi connectivity index (χ1) is 18.9. The number of aliphatic imine (C=N–C) groups is 1. The predicted octanol–water partition coefficient (Wildman–Crippen LogP) is 5.79. The predicted molar refractivity (Wildman–Crippen MR) is 146 cm³/mol. The molecule has 0 fully saturated rings. The van der Waals surface area contributed by atoms with Crippen molar-refractivity contribution in [3.8, 4) is 5.75 Å². The van der Waals surface area contributed by atoms with E-state index < -0.39 is 22.7 Å². The maximum atomic E-state index is 13.7. The number of esters is 1. The summed E-state index contributed by atoms with van der Waals surface area (Å²) in [7, 11) is 0. The highest BCUT2D eigenvalue weighted by Crippen LogP contribution is 2.47. The molecule has 5 rings (SSSR count). The number of hydrogen-bond donors (Lipinski definition) is 0. The number of ketones is 1. The normalized spacial score (nSPS) is 20.6. The molecule has 1 aliphatic heterocycles. The number of non-ortho nitro benzene ring substituents is 1. The van der Waals surface area contributed by atoms with E-state index in [1.807, 2.05) is 60.7 Å². The third-order valence-corrected chi connectivity index (χ3v) is 7.22. The Hall–Kier alpha value is -4.59. The fourth-order valence-electron chi connectivity index (χ4n) is 5.40. The Kier molecular flexibility index (Phi) is 7.63. The number of benzene rings is 3. The Morgan fingerprint density at radius 2 is 1.59 bits per heavy atom. The first-order valence-electron chi connectivity index (χ1n) is 12.9. The summed E-state index contributed by atoms with van der Waals surface area (Å²) in [5.41, 5.74) is 3.34. The maximum absolute atomic E-state index is 13.7. The number of Topliss-reactive ketones (excluding diaryl/α,β-unsaturated/α-hetero) is 1. The zero-order valence-electron chi connectivity index (χ0n) is 21.5. The third-order valence-electron chi connectivity index (χ3n) is 7.22. The monoisotopic (exact) mass is 524 g/mol. The number of carbonyl (C=O) groups is 2. The van der Waals surface area contributed by atoms with Gasteiger partial charge in [0.1, 0.15) is 24.9 Å². The van der Waals surface area contributed by atoms with Crippen molar-refractivity contribution >= 4 is 23.2 Å². The molecule has 8 nitrogen and oxygen atoms in total. The van der Waals surface area contributed by atoms with Crippen LogP contribution in [0.2, 0.25) is 0 Å². The number of nitrogens with zero attached hydrogens (tertiary/aromatic N) is 2. The van der Waals surface area contributed by atoms with E-state index in [2.05, 4.69) is 0 Å². The van der Waals surface area contributed by atoms with Crippen molar-refractivity contribution in [3.63, 3.8) is 0 Å². The van der Waals surface area contributed by atoms with Gasteiger partial charge in [-0.15, -0.1) is 0 Å². The maximum Gasteiger partial charge on any atom is 0.315 e. The van der Waals surface area contributed by atoms with E-state index in [4.69, 9.17) is 14.5 Å². The summed E-state index contributed by atoms with van der Waals surface area (Å²) in [6.45, 7) is 1.97. The molecule has 8 heteroatoms. The van der Waals surface area contributed by atoms with Crippen molar-refractivity contribution in [3.05, 3.63) is 117 Å². The number of ether oxygens (including phenoxy) is 2. The van der Waals surface area contributed by atoms with E-state index in [0.29, 0.717) is 41.1 Å². The molecule has 198 valence electrons. The Morgan fingerprint density at radius 1 is 0.923 bits per heavy atom. The molecule has 1 unspecified atom stereocenters. The fourth-order valence-corrected chi connectivity index (χ4v) is 5.40. The average Bonchev–Trinajstić information content (AvgIpc) is 2.95. The van der Waals surface area contributed by atoms with E-state index in [1.54, 1.807) is 19.1 Å². The molecule has 3 aromatic carbocycles. The van der Waals surface area contributed by atoms with Gasteiger partial charge in [0.15, 0.2) is 5.78 Å². The number of nitro groups is 1. The van der Waals surface area contributed by atoms with Gasteiger partial charge in [0.25, 0.3) is 5.69 Å². The second kappa shape index (κ2) is 11.4. The first kappa shape index (κ1) is 26.0. The molecule has 1 heterocycles. The molecule has 0 amide bonds. The number of nitro benzene ring substituents is 1. The molecule has 0 radical (unpaired) electrons. The third kappa shape index (κ3) is 5.65. The summed E-state index contributed by atoms with van der Waals surface area (Å²) < 4.78 is 11.2. The highest BCUT2D eigenvalue weighted by Gasteiger charge is 2.44. The standard InChI is InChI=1S/C31H28N2O6/c1-20-28(31(35)39-17-16-38-25-10-6-3-7-11-25)29(22-12-14-24(15-13-22)33(36)37)30-26(32-20)18-23(19-27(30)34)21-8-4-2-5-9-21/h2-15,23,28-29H,16-19H2,1H3/t23-,28?,29-/m1/s1. The van der Waals surface area contributed by atoms with E-state index in [-0.39, 0.29) is 30.6 Å². The summed E-state index contributed by atoms with van der Waals surface area (Å²) in [5.74, 6) is -1.41.